The number of amides is 1. The molecule has 0 saturated carbocycles. The maximum absolute atomic E-state index is 12.1. The lowest BCUT2D eigenvalue weighted by molar-refractivity contribution is -0.131. The number of hydrogen-bond donors (Lipinski definition) is 1. The second-order valence-corrected chi connectivity index (χ2v) is 6.01. The molecule has 1 saturated heterocycles. The Labute approximate surface area is 132 Å². The van der Waals surface area contributed by atoms with Gasteiger partial charge in [0.1, 0.15) is 0 Å². The fourth-order valence-electron chi connectivity index (χ4n) is 2.86. The van der Waals surface area contributed by atoms with Crippen molar-refractivity contribution in [3.8, 4) is 11.5 Å². The molecule has 1 aromatic rings. The maximum atomic E-state index is 12.1. The largest absolute Gasteiger partial charge is 0.493 e. The fourth-order valence-corrected chi connectivity index (χ4v) is 2.86. The second-order valence-electron chi connectivity index (χ2n) is 6.01. The van der Waals surface area contributed by atoms with Gasteiger partial charge in [-0.1, -0.05) is 12.5 Å². The summed E-state index contributed by atoms with van der Waals surface area (Å²) in [6.45, 7) is 6.24. The molecular formula is C17H26N2O3. The number of piperidine rings is 1. The number of methoxy groups -OCH3 is 1. The minimum absolute atomic E-state index is 0.0185. The van der Waals surface area contributed by atoms with Gasteiger partial charge >= 0.3 is 0 Å². The predicted octanol–water partition coefficient (Wildman–Crippen LogP) is 2.68. The maximum Gasteiger partial charge on any atom is 0.272 e. The Kier molecular flexibility index (Phi) is 5.66. The summed E-state index contributed by atoms with van der Waals surface area (Å²) < 4.78 is 10.9. The first-order chi connectivity index (χ1) is 10.5. The molecule has 5 heteroatoms. The van der Waals surface area contributed by atoms with Crippen molar-refractivity contribution in [3.05, 3.63) is 23.8 Å². The van der Waals surface area contributed by atoms with Gasteiger partial charge < -0.3 is 9.47 Å². The van der Waals surface area contributed by atoms with Gasteiger partial charge in [-0.25, -0.2) is 5.01 Å². The van der Waals surface area contributed by atoms with E-state index in [-0.39, 0.29) is 12.5 Å². The third kappa shape index (κ3) is 4.13. The van der Waals surface area contributed by atoms with Crippen LogP contribution in [0.1, 0.15) is 38.7 Å². The van der Waals surface area contributed by atoms with E-state index in [4.69, 9.17) is 9.47 Å². The van der Waals surface area contributed by atoms with Gasteiger partial charge in [0, 0.05) is 12.1 Å². The van der Waals surface area contributed by atoms with Crippen molar-refractivity contribution in [1.82, 2.24) is 10.4 Å². The summed E-state index contributed by atoms with van der Waals surface area (Å²) in [5.74, 6) is 1.10. The van der Waals surface area contributed by atoms with E-state index in [0.717, 1.165) is 18.4 Å². The molecule has 0 radical (unpaired) electrons. The van der Waals surface area contributed by atoms with Gasteiger partial charge in [-0.15, -0.1) is 0 Å². The van der Waals surface area contributed by atoms with Crippen LogP contribution in [0, 0.1) is 6.92 Å². The summed E-state index contributed by atoms with van der Waals surface area (Å²) >= 11 is 0. The molecule has 2 rings (SSSR count). The first kappa shape index (κ1) is 16.6. The number of hydrogen-bond acceptors (Lipinski definition) is 4. The second kappa shape index (κ2) is 7.49. The molecule has 22 heavy (non-hydrogen) atoms. The molecule has 122 valence electrons. The van der Waals surface area contributed by atoms with Crippen LogP contribution in [0.25, 0.3) is 0 Å². The number of nitrogens with one attached hydrogen (secondary N) is 1. The molecule has 1 amide bonds. The molecule has 1 aromatic carbocycles. The SMILES string of the molecule is COc1cc(C)ccc1OCC(=O)NN1[C@@H](C)CCC[C@@H]1C. The van der Waals surface area contributed by atoms with Crippen LogP contribution in [0.3, 0.4) is 0 Å². The zero-order chi connectivity index (χ0) is 16.1. The Morgan fingerprint density at radius 2 is 1.95 bits per heavy atom. The van der Waals surface area contributed by atoms with Crippen LogP contribution in [-0.4, -0.2) is 36.7 Å². The fraction of sp³-hybridized carbons (Fsp3) is 0.588. The number of aryl methyl sites for hydroxylation is 1. The molecular weight excluding hydrogens is 280 g/mol. The third-order valence-electron chi connectivity index (χ3n) is 4.13. The summed E-state index contributed by atoms with van der Waals surface area (Å²) in [6, 6.07) is 6.38. The van der Waals surface area contributed by atoms with Gasteiger partial charge in [-0.05, 0) is 51.3 Å². The third-order valence-corrected chi connectivity index (χ3v) is 4.13. The Balaban J connectivity index is 1.90. The molecule has 0 unspecified atom stereocenters. The van der Waals surface area contributed by atoms with Gasteiger partial charge in [0.2, 0.25) is 0 Å². The Bertz CT molecular complexity index is 509. The highest BCUT2D eigenvalue weighted by Gasteiger charge is 2.26. The molecule has 1 heterocycles. The van der Waals surface area contributed by atoms with Gasteiger partial charge in [-0.2, -0.15) is 0 Å². The normalized spacial score (nSPS) is 22.2. The van der Waals surface area contributed by atoms with Crippen molar-refractivity contribution in [3.63, 3.8) is 0 Å². The smallest absolute Gasteiger partial charge is 0.272 e. The average molecular weight is 306 g/mol. The van der Waals surface area contributed by atoms with Crippen LogP contribution >= 0.6 is 0 Å². The van der Waals surface area contributed by atoms with Crippen molar-refractivity contribution in [1.29, 1.82) is 0 Å². The van der Waals surface area contributed by atoms with E-state index in [2.05, 4.69) is 19.3 Å². The Morgan fingerprint density at radius 1 is 1.27 bits per heavy atom. The van der Waals surface area contributed by atoms with Gasteiger partial charge in [0.15, 0.2) is 18.1 Å². The minimum atomic E-state index is -0.136. The summed E-state index contributed by atoms with van der Waals surface area (Å²) in [4.78, 5) is 12.1. The summed E-state index contributed by atoms with van der Waals surface area (Å²) in [7, 11) is 1.60. The molecule has 0 bridgehead atoms. The Hall–Kier alpha value is -1.75. The summed E-state index contributed by atoms with van der Waals surface area (Å²) in [6.07, 6.45) is 3.43. The highest BCUT2D eigenvalue weighted by Crippen LogP contribution is 2.27. The molecule has 0 aromatic heterocycles. The monoisotopic (exact) mass is 306 g/mol. The number of carbonyl (C=O) groups is 1. The highest BCUT2D eigenvalue weighted by atomic mass is 16.5. The number of ether oxygens (including phenoxy) is 2. The molecule has 1 aliphatic rings. The quantitative estimate of drug-likeness (QED) is 0.908. The van der Waals surface area contributed by atoms with Crippen LogP contribution in [0.2, 0.25) is 0 Å². The Morgan fingerprint density at radius 3 is 2.59 bits per heavy atom. The summed E-state index contributed by atoms with van der Waals surface area (Å²) in [5.41, 5.74) is 4.05. The average Bonchev–Trinajstić information content (AvgIpc) is 2.49. The molecule has 0 spiro atoms. The zero-order valence-electron chi connectivity index (χ0n) is 13.9. The number of hydrazine groups is 1. The van der Waals surface area contributed by atoms with E-state index in [1.165, 1.54) is 6.42 Å². The van der Waals surface area contributed by atoms with E-state index >= 15 is 0 Å². The summed E-state index contributed by atoms with van der Waals surface area (Å²) in [5, 5.41) is 2.04. The van der Waals surface area contributed by atoms with Gasteiger partial charge in [0.05, 0.1) is 7.11 Å². The lowest BCUT2D eigenvalue weighted by Gasteiger charge is -2.38. The van der Waals surface area contributed by atoms with Crippen LogP contribution in [-0.2, 0) is 4.79 Å². The molecule has 2 atom stereocenters. The zero-order valence-corrected chi connectivity index (χ0v) is 13.9. The van der Waals surface area contributed by atoms with Crippen LogP contribution in [0.15, 0.2) is 18.2 Å². The standard InChI is InChI=1S/C17H26N2O3/c1-12-8-9-15(16(10-12)21-4)22-11-17(20)18-19-13(2)6-5-7-14(19)3/h8-10,13-14H,5-7,11H2,1-4H3,(H,18,20)/t13-,14-/m0/s1. The molecule has 0 aliphatic carbocycles. The number of nitrogens with zero attached hydrogens (tertiary/aromatic N) is 1. The van der Waals surface area contributed by atoms with E-state index in [0.29, 0.717) is 23.6 Å². The van der Waals surface area contributed by atoms with Crippen LogP contribution in [0.5, 0.6) is 11.5 Å². The van der Waals surface area contributed by atoms with E-state index in [9.17, 15) is 4.79 Å². The highest BCUT2D eigenvalue weighted by molar-refractivity contribution is 5.77. The number of rotatable bonds is 5. The predicted molar refractivity (Wildman–Crippen MR) is 86.0 cm³/mol. The molecule has 1 fully saturated rings. The van der Waals surface area contributed by atoms with Crippen molar-refractivity contribution in [2.24, 2.45) is 0 Å². The van der Waals surface area contributed by atoms with Gasteiger partial charge in [-0.3, -0.25) is 10.2 Å². The lowest BCUT2D eigenvalue weighted by atomic mass is 10.00. The van der Waals surface area contributed by atoms with Crippen molar-refractivity contribution < 1.29 is 14.3 Å². The number of benzene rings is 1. The van der Waals surface area contributed by atoms with E-state index < -0.39 is 0 Å². The van der Waals surface area contributed by atoms with E-state index in [1.54, 1.807) is 7.11 Å². The first-order valence-electron chi connectivity index (χ1n) is 7.86. The lowest BCUT2D eigenvalue weighted by Crippen LogP contribution is -2.55. The van der Waals surface area contributed by atoms with Crippen molar-refractivity contribution >= 4 is 5.91 Å². The molecule has 5 nitrogen and oxygen atoms in total. The van der Waals surface area contributed by atoms with Crippen molar-refractivity contribution in [2.75, 3.05) is 13.7 Å². The van der Waals surface area contributed by atoms with Crippen molar-refractivity contribution in [2.45, 2.75) is 52.1 Å². The van der Waals surface area contributed by atoms with Crippen LogP contribution < -0.4 is 14.9 Å². The minimum Gasteiger partial charge on any atom is -0.493 e. The van der Waals surface area contributed by atoms with Crippen LogP contribution in [0.4, 0.5) is 0 Å². The van der Waals surface area contributed by atoms with E-state index in [1.807, 2.05) is 30.1 Å². The molecule has 1 aliphatic heterocycles. The number of carbonyl (C=O) groups excluding carboxylic acids is 1. The van der Waals surface area contributed by atoms with Gasteiger partial charge in [0.25, 0.3) is 5.91 Å². The first-order valence-corrected chi connectivity index (χ1v) is 7.86. The topological polar surface area (TPSA) is 50.8 Å². The molecule has 1 N–H and O–H groups in total.